The molecule has 2 amide bonds. The smallest absolute Gasteiger partial charge is 0.271 e. The second-order valence-electron chi connectivity index (χ2n) is 7.78. The number of hydrogen-bond acceptors (Lipinski definition) is 6. The highest BCUT2D eigenvalue weighted by Crippen LogP contribution is 2.30. The first-order valence-corrected chi connectivity index (χ1v) is 11.8. The Balaban J connectivity index is 1.48. The maximum absolute atomic E-state index is 12.7. The summed E-state index contributed by atoms with van der Waals surface area (Å²) in [7, 11) is -3.35. The van der Waals surface area contributed by atoms with Crippen LogP contribution in [-0.4, -0.2) is 37.2 Å². The summed E-state index contributed by atoms with van der Waals surface area (Å²) in [6.07, 6.45) is 3.35. The summed E-state index contributed by atoms with van der Waals surface area (Å²) in [5.41, 5.74) is 6.80. The molecule has 0 radical (unpaired) electrons. The van der Waals surface area contributed by atoms with Crippen LogP contribution in [0.25, 0.3) is 0 Å². The van der Waals surface area contributed by atoms with Crippen LogP contribution < -0.4 is 16.1 Å². The molecule has 9 heteroatoms. The number of amides is 2. The third kappa shape index (κ3) is 4.32. The summed E-state index contributed by atoms with van der Waals surface area (Å²) in [6, 6.07) is 14.4. The van der Waals surface area contributed by atoms with Gasteiger partial charge in [0.05, 0.1) is 15.8 Å². The average molecular weight is 441 g/mol. The van der Waals surface area contributed by atoms with Gasteiger partial charge in [-0.05, 0) is 49.2 Å². The highest BCUT2D eigenvalue weighted by molar-refractivity contribution is 7.92. The van der Waals surface area contributed by atoms with Crippen molar-refractivity contribution in [1.82, 2.24) is 0 Å². The average Bonchev–Trinajstić information content (AvgIpc) is 3.46. The van der Waals surface area contributed by atoms with Crippen molar-refractivity contribution < 1.29 is 18.0 Å². The van der Waals surface area contributed by atoms with E-state index >= 15 is 0 Å². The molecule has 2 aromatic rings. The first kappa shape index (κ1) is 21.0. The Morgan fingerprint density at radius 1 is 1.00 bits per heavy atom. The molecular weight excluding hydrogens is 416 g/mol. The summed E-state index contributed by atoms with van der Waals surface area (Å²) in [5, 5.41) is 8.16. The Morgan fingerprint density at radius 2 is 1.65 bits per heavy atom. The molecule has 1 heterocycles. The largest absolute Gasteiger partial charge is 0.368 e. The van der Waals surface area contributed by atoms with Gasteiger partial charge >= 0.3 is 0 Å². The van der Waals surface area contributed by atoms with Gasteiger partial charge in [-0.3, -0.25) is 14.6 Å². The zero-order valence-corrected chi connectivity index (χ0v) is 17.7. The number of nitrogens with one attached hydrogen (secondary N) is 1. The molecule has 1 saturated carbocycles. The van der Waals surface area contributed by atoms with Gasteiger partial charge in [0.2, 0.25) is 5.91 Å². The van der Waals surface area contributed by atoms with Gasteiger partial charge in [0, 0.05) is 12.1 Å². The number of hydrogen-bond donors (Lipinski definition) is 2. The van der Waals surface area contributed by atoms with Crippen LogP contribution in [0.3, 0.4) is 0 Å². The van der Waals surface area contributed by atoms with Crippen molar-refractivity contribution in [2.24, 2.45) is 10.8 Å². The normalized spacial score (nSPS) is 19.3. The number of carbonyl (C=O) groups excluding carboxylic acids is 2. The van der Waals surface area contributed by atoms with Crippen LogP contribution >= 0.6 is 0 Å². The van der Waals surface area contributed by atoms with Gasteiger partial charge in [-0.25, -0.2) is 8.42 Å². The van der Waals surface area contributed by atoms with E-state index in [-0.39, 0.29) is 22.3 Å². The molecule has 1 atom stereocenters. The third-order valence-electron chi connectivity index (χ3n) is 5.70. The SMILES string of the molecule is NC(=O)C1CC(C(=O)Nc2ccc(S(=O)(=O)C3CCCC3)cc2)=NN1c1ccccc1. The van der Waals surface area contributed by atoms with Crippen molar-refractivity contribution >= 4 is 38.7 Å². The number of primary amides is 1. The van der Waals surface area contributed by atoms with Crippen molar-refractivity contribution in [2.75, 3.05) is 10.3 Å². The molecule has 1 unspecified atom stereocenters. The second kappa shape index (κ2) is 8.50. The Kier molecular flexibility index (Phi) is 5.77. The van der Waals surface area contributed by atoms with Gasteiger partial charge < -0.3 is 11.1 Å². The fourth-order valence-corrected chi connectivity index (χ4v) is 5.86. The number of nitrogens with zero attached hydrogens (tertiary/aromatic N) is 2. The van der Waals surface area contributed by atoms with Crippen molar-refractivity contribution in [3.05, 3.63) is 54.6 Å². The highest BCUT2D eigenvalue weighted by Gasteiger charge is 2.35. The van der Waals surface area contributed by atoms with Crippen LogP contribution in [0.15, 0.2) is 64.6 Å². The summed E-state index contributed by atoms with van der Waals surface area (Å²) < 4.78 is 25.4. The number of rotatable bonds is 6. The van der Waals surface area contributed by atoms with Crippen molar-refractivity contribution in [3.8, 4) is 0 Å². The molecule has 2 aliphatic rings. The van der Waals surface area contributed by atoms with Crippen molar-refractivity contribution in [3.63, 3.8) is 0 Å². The predicted octanol–water partition coefficient (Wildman–Crippen LogP) is 2.46. The van der Waals surface area contributed by atoms with E-state index < -0.39 is 27.7 Å². The number of nitrogens with two attached hydrogens (primary N) is 1. The predicted molar refractivity (Wildman–Crippen MR) is 118 cm³/mol. The Bertz CT molecular complexity index is 1110. The van der Waals surface area contributed by atoms with Gasteiger partial charge in [0.15, 0.2) is 9.84 Å². The summed E-state index contributed by atoms with van der Waals surface area (Å²) in [5.74, 6) is -1.03. The standard InChI is InChI=1S/C22H24N4O4S/c23-21(27)20-14-19(25-26(20)16-6-2-1-3-7-16)22(28)24-15-10-12-18(13-11-15)31(29,30)17-8-4-5-9-17/h1-3,6-7,10-13,17,20H,4-5,8-9,14H2,(H2,23,27)(H,24,28). The van der Waals surface area contributed by atoms with Crippen LogP contribution in [0.1, 0.15) is 32.1 Å². The van der Waals surface area contributed by atoms with Crippen LogP contribution in [0.4, 0.5) is 11.4 Å². The Hall–Kier alpha value is -3.20. The molecule has 0 aromatic heterocycles. The molecule has 31 heavy (non-hydrogen) atoms. The van der Waals surface area contributed by atoms with Gasteiger partial charge in [-0.1, -0.05) is 31.0 Å². The van der Waals surface area contributed by atoms with Crippen LogP contribution in [-0.2, 0) is 19.4 Å². The van der Waals surface area contributed by atoms with Gasteiger partial charge in [-0.2, -0.15) is 5.10 Å². The van der Waals surface area contributed by atoms with Gasteiger partial charge in [0.1, 0.15) is 11.8 Å². The fraction of sp³-hybridized carbons (Fsp3) is 0.318. The molecule has 2 aromatic carbocycles. The zero-order valence-electron chi connectivity index (χ0n) is 16.9. The second-order valence-corrected chi connectivity index (χ2v) is 10.0. The number of benzene rings is 2. The quantitative estimate of drug-likeness (QED) is 0.714. The van der Waals surface area contributed by atoms with E-state index in [0.717, 1.165) is 12.8 Å². The van der Waals surface area contributed by atoms with E-state index in [1.807, 2.05) is 18.2 Å². The fourth-order valence-electron chi connectivity index (χ4n) is 4.01. The number of anilines is 2. The summed E-state index contributed by atoms with van der Waals surface area (Å²) >= 11 is 0. The Morgan fingerprint density at radius 3 is 2.26 bits per heavy atom. The molecule has 1 aliphatic heterocycles. The summed E-state index contributed by atoms with van der Waals surface area (Å²) in [6.45, 7) is 0. The minimum atomic E-state index is -3.35. The lowest BCUT2D eigenvalue weighted by atomic mass is 10.1. The highest BCUT2D eigenvalue weighted by atomic mass is 32.2. The lowest BCUT2D eigenvalue weighted by molar-refractivity contribution is -0.119. The minimum Gasteiger partial charge on any atom is -0.368 e. The molecule has 0 saturated heterocycles. The van der Waals surface area contributed by atoms with Crippen LogP contribution in [0, 0.1) is 0 Å². The lowest BCUT2D eigenvalue weighted by Crippen LogP contribution is -2.39. The first-order valence-electron chi connectivity index (χ1n) is 10.2. The van der Waals surface area contributed by atoms with Crippen molar-refractivity contribution in [1.29, 1.82) is 0 Å². The van der Waals surface area contributed by atoms with Crippen molar-refractivity contribution in [2.45, 2.75) is 48.3 Å². The first-order chi connectivity index (χ1) is 14.9. The molecule has 8 nitrogen and oxygen atoms in total. The lowest BCUT2D eigenvalue weighted by Gasteiger charge is -2.20. The van der Waals surface area contributed by atoms with Crippen LogP contribution in [0.5, 0.6) is 0 Å². The molecular formula is C22H24N4O4S. The van der Waals surface area contributed by atoms with Gasteiger partial charge in [0.25, 0.3) is 5.91 Å². The maximum atomic E-state index is 12.7. The van der Waals surface area contributed by atoms with E-state index in [1.54, 1.807) is 24.3 Å². The summed E-state index contributed by atoms with van der Waals surface area (Å²) in [4.78, 5) is 24.8. The van der Waals surface area contributed by atoms with E-state index in [2.05, 4.69) is 10.4 Å². The monoisotopic (exact) mass is 440 g/mol. The third-order valence-corrected chi connectivity index (χ3v) is 7.98. The molecule has 4 rings (SSSR count). The molecule has 0 spiro atoms. The van der Waals surface area contributed by atoms with Crippen LogP contribution in [0.2, 0.25) is 0 Å². The molecule has 1 fully saturated rings. The van der Waals surface area contributed by atoms with E-state index in [0.29, 0.717) is 24.2 Å². The minimum absolute atomic E-state index is 0.0875. The van der Waals surface area contributed by atoms with Gasteiger partial charge in [-0.15, -0.1) is 0 Å². The van der Waals surface area contributed by atoms with E-state index in [9.17, 15) is 18.0 Å². The topological polar surface area (TPSA) is 122 Å². The molecule has 3 N–H and O–H groups in total. The van der Waals surface area contributed by atoms with E-state index in [1.165, 1.54) is 17.1 Å². The Labute approximate surface area is 181 Å². The van der Waals surface area contributed by atoms with E-state index in [4.69, 9.17) is 5.73 Å². The number of hydrazone groups is 1. The number of sulfone groups is 1. The maximum Gasteiger partial charge on any atom is 0.271 e. The molecule has 0 bridgehead atoms. The molecule has 1 aliphatic carbocycles. The number of carbonyl (C=O) groups is 2. The number of para-hydroxylation sites is 1. The zero-order chi connectivity index (χ0) is 22.0. The molecule has 162 valence electrons.